The van der Waals surface area contributed by atoms with E-state index >= 15 is 0 Å². The van der Waals surface area contributed by atoms with E-state index in [2.05, 4.69) is 6.58 Å². The Morgan fingerprint density at radius 3 is 2.83 bits per heavy atom. The summed E-state index contributed by atoms with van der Waals surface area (Å²) in [6.45, 7) is 3.58. The van der Waals surface area contributed by atoms with Crippen LogP contribution in [0.25, 0.3) is 0 Å². The Labute approximate surface area is 71.5 Å². The Hall–Kier alpha value is -1.31. The van der Waals surface area contributed by atoms with Crippen LogP contribution in [0.1, 0.15) is 5.56 Å². The van der Waals surface area contributed by atoms with Crippen molar-refractivity contribution in [3.05, 3.63) is 42.2 Å². The number of methoxy groups -OCH3 is 1. The summed E-state index contributed by atoms with van der Waals surface area (Å²) in [6, 6.07) is 4.63. The Bertz CT molecular complexity index is 281. The summed E-state index contributed by atoms with van der Waals surface area (Å²) in [6.07, 6.45) is 2.39. The van der Waals surface area contributed by atoms with Crippen LogP contribution in [0.5, 0.6) is 5.75 Å². The second kappa shape index (κ2) is 3.90. The van der Waals surface area contributed by atoms with Gasteiger partial charge in [-0.1, -0.05) is 6.08 Å². The Kier molecular flexibility index (Phi) is 2.86. The maximum Gasteiger partial charge on any atom is 0.127 e. The van der Waals surface area contributed by atoms with Gasteiger partial charge in [-0.2, -0.15) is 0 Å². The number of benzene rings is 1. The Balaban J connectivity index is 2.97. The molecule has 1 nitrogen and oxygen atoms in total. The highest BCUT2D eigenvalue weighted by Crippen LogP contribution is 2.16. The van der Waals surface area contributed by atoms with Crippen molar-refractivity contribution in [1.29, 1.82) is 0 Å². The van der Waals surface area contributed by atoms with Gasteiger partial charge in [0.15, 0.2) is 0 Å². The molecule has 0 unspecified atom stereocenters. The first-order valence-corrected chi connectivity index (χ1v) is 3.70. The summed E-state index contributed by atoms with van der Waals surface area (Å²) in [5, 5.41) is 0. The lowest BCUT2D eigenvalue weighted by atomic mass is 10.1. The van der Waals surface area contributed by atoms with E-state index in [0.717, 1.165) is 5.56 Å². The van der Waals surface area contributed by atoms with E-state index < -0.39 is 0 Å². The molecule has 0 aromatic heterocycles. The molecule has 0 heterocycles. The molecule has 0 bridgehead atoms. The predicted octanol–water partition coefficient (Wildman–Crippen LogP) is 2.56. The Morgan fingerprint density at radius 1 is 1.50 bits per heavy atom. The number of ether oxygens (including phenoxy) is 1. The van der Waals surface area contributed by atoms with Crippen LogP contribution in [0, 0.1) is 5.82 Å². The first kappa shape index (κ1) is 8.78. The molecule has 1 aromatic rings. The molecule has 0 atom stereocenters. The van der Waals surface area contributed by atoms with Crippen molar-refractivity contribution in [1.82, 2.24) is 0 Å². The second-order valence-electron chi connectivity index (χ2n) is 2.49. The summed E-state index contributed by atoms with van der Waals surface area (Å²) < 4.78 is 17.7. The van der Waals surface area contributed by atoms with E-state index in [-0.39, 0.29) is 5.82 Å². The minimum absolute atomic E-state index is 0.272. The zero-order chi connectivity index (χ0) is 8.97. The van der Waals surface area contributed by atoms with Gasteiger partial charge >= 0.3 is 0 Å². The van der Waals surface area contributed by atoms with E-state index in [1.807, 2.05) is 0 Å². The van der Waals surface area contributed by atoms with Gasteiger partial charge in [0.1, 0.15) is 11.6 Å². The van der Waals surface area contributed by atoms with Gasteiger partial charge in [0.25, 0.3) is 0 Å². The molecule has 0 aliphatic rings. The maximum absolute atomic E-state index is 12.8. The van der Waals surface area contributed by atoms with Crippen LogP contribution < -0.4 is 4.74 Å². The van der Waals surface area contributed by atoms with Crippen molar-refractivity contribution < 1.29 is 9.13 Å². The van der Waals surface area contributed by atoms with Crippen LogP contribution in [0.4, 0.5) is 4.39 Å². The van der Waals surface area contributed by atoms with Gasteiger partial charge in [0.05, 0.1) is 7.11 Å². The van der Waals surface area contributed by atoms with Crippen molar-refractivity contribution in [3.63, 3.8) is 0 Å². The van der Waals surface area contributed by atoms with Gasteiger partial charge in [0.2, 0.25) is 0 Å². The standard InChI is InChI=1S/C10H11FO/c1-3-4-8-5-9(11)7-10(6-8)12-2/h3,5-7H,1,4H2,2H3. The fourth-order valence-corrected chi connectivity index (χ4v) is 1.02. The van der Waals surface area contributed by atoms with Crippen LogP contribution >= 0.6 is 0 Å². The quantitative estimate of drug-likeness (QED) is 0.627. The molecule has 0 fully saturated rings. The molecule has 0 aliphatic heterocycles. The fourth-order valence-electron chi connectivity index (χ4n) is 1.02. The van der Waals surface area contributed by atoms with E-state index in [0.29, 0.717) is 12.2 Å². The van der Waals surface area contributed by atoms with Crippen LogP contribution in [-0.4, -0.2) is 7.11 Å². The Morgan fingerprint density at radius 2 is 2.25 bits per heavy atom. The highest BCUT2D eigenvalue weighted by atomic mass is 19.1. The first-order valence-electron chi connectivity index (χ1n) is 3.70. The lowest BCUT2D eigenvalue weighted by molar-refractivity contribution is 0.411. The van der Waals surface area contributed by atoms with E-state index in [4.69, 9.17) is 4.74 Å². The van der Waals surface area contributed by atoms with Crippen molar-refractivity contribution in [3.8, 4) is 5.75 Å². The fraction of sp³-hybridized carbons (Fsp3) is 0.200. The molecule has 0 N–H and O–H groups in total. The minimum Gasteiger partial charge on any atom is -0.497 e. The molecule has 2 heteroatoms. The number of hydrogen-bond acceptors (Lipinski definition) is 1. The molecule has 1 aromatic carbocycles. The molecule has 0 saturated carbocycles. The van der Waals surface area contributed by atoms with Crippen molar-refractivity contribution in [2.75, 3.05) is 7.11 Å². The maximum atomic E-state index is 12.8. The van der Waals surface area contributed by atoms with Gasteiger partial charge in [-0.05, 0) is 24.1 Å². The molecule has 0 spiro atoms. The largest absolute Gasteiger partial charge is 0.497 e. The molecule has 12 heavy (non-hydrogen) atoms. The second-order valence-corrected chi connectivity index (χ2v) is 2.49. The topological polar surface area (TPSA) is 9.23 Å². The highest BCUT2D eigenvalue weighted by molar-refractivity contribution is 5.30. The monoisotopic (exact) mass is 166 g/mol. The highest BCUT2D eigenvalue weighted by Gasteiger charge is 1.98. The summed E-state index contributed by atoms with van der Waals surface area (Å²) in [7, 11) is 1.52. The average Bonchev–Trinajstić information content (AvgIpc) is 2.04. The molecular formula is C10H11FO. The van der Waals surface area contributed by atoms with E-state index in [9.17, 15) is 4.39 Å². The van der Waals surface area contributed by atoms with Gasteiger partial charge in [0, 0.05) is 6.07 Å². The zero-order valence-electron chi connectivity index (χ0n) is 7.01. The zero-order valence-corrected chi connectivity index (χ0v) is 7.01. The van der Waals surface area contributed by atoms with Crippen molar-refractivity contribution >= 4 is 0 Å². The molecule has 0 saturated heterocycles. The van der Waals surface area contributed by atoms with E-state index in [1.165, 1.54) is 19.2 Å². The van der Waals surface area contributed by atoms with Crippen LogP contribution in [0.15, 0.2) is 30.9 Å². The molecule has 0 aliphatic carbocycles. The van der Waals surface area contributed by atoms with Gasteiger partial charge < -0.3 is 4.74 Å². The predicted molar refractivity (Wildman–Crippen MR) is 46.9 cm³/mol. The number of rotatable bonds is 3. The lowest BCUT2D eigenvalue weighted by Crippen LogP contribution is -1.88. The molecule has 0 radical (unpaired) electrons. The summed E-state index contributed by atoms with van der Waals surface area (Å²) in [5.74, 6) is 0.276. The SMILES string of the molecule is C=CCc1cc(F)cc(OC)c1. The third-order valence-electron chi connectivity index (χ3n) is 1.55. The van der Waals surface area contributed by atoms with Gasteiger partial charge in [-0.3, -0.25) is 0 Å². The summed E-state index contributed by atoms with van der Waals surface area (Å²) in [5.41, 5.74) is 0.877. The van der Waals surface area contributed by atoms with Crippen LogP contribution in [0.2, 0.25) is 0 Å². The van der Waals surface area contributed by atoms with Crippen LogP contribution in [-0.2, 0) is 6.42 Å². The summed E-state index contributed by atoms with van der Waals surface area (Å²) in [4.78, 5) is 0. The van der Waals surface area contributed by atoms with Crippen molar-refractivity contribution in [2.45, 2.75) is 6.42 Å². The number of hydrogen-bond donors (Lipinski definition) is 0. The number of halogens is 1. The molecule has 1 rings (SSSR count). The third kappa shape index (κ3) is 2.09. The first-order chi connectivity index (χ1) is 5.76. The van der Waals surface area contributed by atoms with Gasteiger partial charge in [-0.15, -0.1) is 6.58 Å². The normalized spacial score (nSPS) is 9.50. The van der Waals surface area contributed by atoms with E-state index in [1.54, 1.807) is 12.1 Å². The molecule has 0 amide bonds. The molecular weight excluding hydrogens is 155 g/mol. The smallest absolute Gasteiger partial charge is 0.127 e. The number of allylic oxidation sites excluding steroid dienone is 1. The van der Waals surface area contributed by atoms with Crippen molar-refractivity contribution in [2.24, 2.45) is 0 Å². The van der Waals surface area contributed by atoms with Crippen LogP contribution in [0.3, 0.4) is 0 Å². The average molecular weight is 166 g/mol. The third-order valence-corrected chi connectivity index (χ3v) is 1.55. The summed E-state index contributed by atoms with van der Waals surface area (Å²) >= 11 is 0. The lowest BCUT2D eigenvalue weighted by Gasteiger charge is -2.02. The van der Waals surface area contributed by atoms with Gasteiger partial charge in [-0.25, -0.2) is 4.39 Å². The molecule has 64 valence electrons. The minimum atomic E-state index is -0.272.